The van der Waals surface area contributed by atoms with Gasteiger partial charge in [0.25, 0.3) is 0 Å². The third kappa shape index (κ3) is 4.71. The van der Waals surface area contributed by atoms with E-state index in [0.717, 1.165) is 38.0 Å². The maximum Gasteiger partial charge on any atom is 0.150 e. The minimum absolute atomic E-state index is 0.0637. The van der Waals surface area contributed by atoms with Gasteiger partial charge in [0.1, 0.15) is 12.4 Å². The summed E-state index contributed by atoms with van der Waals surface area (Å²) in [4.78, 5) is 0. The minimum atomic E-state index is -2.98. The highest BCUT2D eigenvalue weighted by atomic mass is 32.2. The average Bonchev–Trinajstić information content (AvgIpc) is 2.44. The van der Waals surface area contributed by atoms with Gasteiger partial charge in [0, 0.05) is 12.3 Å². The number of fused-ring (bicyclic) bond motifs is 1. The first kappa shape index (κ1) is 16.3. The smallest absolute Gasteiger partial charge is 0.150 e. The lowest BCUT2D eigenvalue weighted by molar-refractivity contribution is 0.332. The first-order valence-electron chi connectivity index (χ1n) is 7.67. The molecule has 0 fully saturated rings. The molecule has 0 radical (unpaired) electrons. The largest absolute Gasteiger partial charge is 0.492 e. The molecule has 1 aliphatic carbocycles. The molecule has 0 bridgehead atoms. The highest BCUT2D eigenvalue weighted by molar-refractivity contribution is 7.90. The van der Waals surface area contributed by atoms with Crippen molar-refractivity contribution in [3.63, 3.8) is 0 Å². The first-order chi connectivity index (χ1) is 10.0. The molecule has 0 heterocycles. The second kappa shape index (κ2) is 7.27. The Morgan fingerprint density at radius 3 is 2.90 bits per heavy atom. The fourth-order valence-corrected chi connectivity index (χ4v) is 3.17. The van der Waals surface area contributed by atoms with Crippen LogP contribution >= 0.6 is 0 Å². The molecule has 1 N–H and O–H groups in total. The zero-order valence-electron chi connectivity index (χ0n) is 12.9. The fourth-order valence-electron chi connectivity index (χ4n) is 2.78. The van der Waals surface area contributed by atoms with Crippen molar-refractivity contribution in [1.29, 1.82) is 0 Å². The molecule has 2 rings (SSSR count). The van der Waals surface area contributed by atoms with Crippen LogP contribution in [0.4, 0.5) is 0 Å². The number of sulfone groups is 1. The lowest BCUT2D eigenvalue weighted by Gasteiger charge is -2.28. The van der Waals surface area contributed by atoms with E-state index in [2.05, 4.69) is 18.3 Å². The maximum absolute atomic E-state index is 11.2. The van der Waals surface area contributed by atoms with Crippen LogP contribution in [-0.4, -0.2) is 33.6 Å². The van der Waals surface area contributed by atoms with Crippen molar-refractivity contribution >= 4 is 9.84 Å². The van der Waals surface area contributed by atoms with Gasteiger partial charge in [-0.05, 0) is 49.4 Å². The summed E-state index contributed by atoms with van der Waals surface area (Å²) in [6.07, 6.45) is 5.66. The maximum atomic E-state index is 11.2. The van der Waals surface area contributed by atoms with Gasteiger partial charge in [-0.3, -0.25) is 0 Å². The van der Waals surface area contributed by atoms with Gasteiger partial charge in [-0.2, -0.15) is 0 Å². The van der Waals surface area contributed by atoms with E-state index >= 15 is 0 Å². The fraction of sp³-hybridized carbons (Fsp3) is 0.625. The molecule has 1 atom stereocenters. The molecule has 0 spiro atoms. The van der Waals surface area contributed by atoms with Gasteiger partial charge in [0.15, 0.2) is 9.84 Å². The molecule has 0 saturated carbocycles. The molecule has 0 saturated heterocycles. The monoisotopic (exact) mass is 311 g/mol. The third-order valence-electron chi connectivity index (χ3n) is 3.82. The Labute approximate surface area is 127 Å². The van der Waals surface area contributed by atoms with Crippen LogP contribution in [0.5, 0.6) is 5.75 Å². The zero-order chi connectivity index (χ0) is 15.3. The quantitative estimate of drug-likeness (QED) is 0.840. The van der Waals surface area contributed by atoms with Gasteiger partial charge in [-0.15, -0.1) is 0 Å². The summed E-state index contributed by atoms with van der Waals surface area (Å²) in [6, 6.07) is 6.50. The summed E-state index contributed by atoms with van der Waals surface area (Å²) in [5, 5.41) is 3.58. The molecule has 1 aromatic rings. The van der Waals surface area contributed by atoms with Crippen molar-refractivity contribution in [1.82, 2.24) is 5.32 Å². The van der Waals surface area contributed by atoms with Crippen molar-refractivity contribution in [2.75, 3.05) is 25.2 Å². The molecule has 0 amide bonds. The molecule has 1 aromatic carbocycles. The Morgan fingerprint density at radius 1 is 1.38 bits per heavy atom. The van der Waals surface area contributed by atoms with Gasteiger partial charge in [-0.1, -0.05) is 19.1 Å². The molecular weight excluding hydrogens is 286 g/mol. The molecule has 5 heteroatoms. The van der Waals surface area contributed by atoms with Gasteiger partial charge >= 0.3 is 0 Å². The van der Waals surface area contributed by atoms with Gasteiger partial charge in [0.2, 0.25) is 0 Å². The number of ether oxygens (including phenoxy) is 1. The van der Waals surface area contributed by atoms with Crippen LogP contribution in [0, 0.1) is 0 Å². The van der Waals surface area contributed by atoms with Crippen molar-refractivity contribution in [3.8, 4) is 5.75 Å². The van der Waals surface area contributed by atoms with Crippen LogP contribution in [0.25, 0.3) is 0 Å². The van der Waals surface area contributed by atoms with E-state index in [1.165, 1.54) is 17.4 Å². The van der Waals surface area contributed by atoms with E-state index in [4.69, 9.17) is 4.74 Å². The lowest BCUT2D eigenvalue weighted by Crippen LogP contribution is -2.26. The topological polar surface area (TPSA) is 55.4 Å². The molecule has 0 aromatic heterocycles. The molecule has 118 valence electrons. The highest BCUT2D eigenvalue weighted by Gasteiger charge is 2.22. The van der Waals surface area contributed by atoms with Crippen molar-refractivity contribution in [2.24, 2.45) is 0 Å². The molecule has 21 heavy (non-hydrogen) atoms. The Hall–Kier alpha value is -1.07. The second-order valence-corrected chi connectivity index (χ2v) is 7.96. The van der Waals surface area contributed by atoms with Crippen molar-refractivity contribution in [2.45, 2.75) is 38.6 Å². The number of rotatable bonds is 7. The van der Waals surface area contributed by atoms with Gasteiger partial charge in [0.05, 0.1) is 5.75 Å². The minimum Gasteiger partial charge on any atom is -0.492 e. The number of hydrogen-bond donors (Lipinski definition) is 1. The van der Waals surface area contributed by atoms with Crippen LogP contribution < -0.4 is 10.1 Å². The molecule has 0 aliphatic heterocycles. The van der Waals surface area contributed by atoms with Crippen LogP contribution in [-0.2, 0) is 16.3 Å². The molecule has 1 aliphatic rings. The van der Waals surface area contributed by atoms with Crippen LogP contribution in [0.1, 0.15) is 43.4 Å². The van der Waals surface area contributed by atoms with E-state index in [9.17, 15) is 8.42 Å². The summed E-state index contributed by atoms with van der Waals surface area (Å²) in [7, 11) is -2.98. The Bertz CT molecular complexity index is 569. The summed E-state index contributed by atoms with van der Waals surface area (Å²) in [5.41, 5.74) is 2.55. The summed E-state index contributed by atoms with van der Waals surface area (Å²) in [6.45, 7) is 3.41. The molecule has 4 nitrogen and oxygen atoms in total. The summed E-state index contributed by atoms with van der Waals surface area (Å²) in [5.74, 6) is 0.910. The first-order valence-corrected chi connectivity index (χ1v) is 9.73. The van der Waals surface area contributed by atoms with Gasteiger partial charge in [-0.25, -0.2) is 8.42 Å². The third-order valence-corrected chi connectivity index (χ3v) is 4.72. The second-order valence-electron chi connectivity index (χ2n) is 5.70. The highest BCUT2D eigenvalue weighted by Crippen LogP contribution is 2.35. The zero-order valence-corrected chi connectivity index (χ0v) is 13.7. The van der Waals surface area contributed by atoms with E-state index in [-0.39, 0.29) is 12.4 Å². The van der Waals surface area contributed by atoms with Crippen molar-refractivity contribution in [3.05, 3.63) is 29.3 Å². The van der Waals surface area contributed by atoms with Crippen molar-refractivity contribution < 1.29 is 13.2 Å². The Kier molecular flexibility index (Phi) is 5.65. The number of benzene rings is 1. The standard InChI is InChI=1S/C16H25NO3S/c1-3-10-17-15-8-4-7-14-13(15)6-5-9-16(14)20-11-12-21(2,18)19/h5-6,9,15,17H,3-4,7-8,10-12H2,1-2H3. The summed E-state index contributed by atoms with van der Waals surface area (Å²) < 4.78 is 28.1. The average molecular weight is 311 g/mol. The summed E-state index contributed by atoms with van der Waals surface area (Å²) >= 11 is 0. The Morgan fingerprint density at radius 2 is 2.19 bits per heavy atom. The lowest BCUT2D eigenvalue weighted by atomic mass is 9.87. The van der Waals surface area contributed by atoms with Crippen LogP contribution in [0.3, 0.4) is 0 Å². The Balaban J connectivity index is 2.10. The SMILES string of the molecule is CCCNC1CCCc2c(OCCS(C)(=O)=O)cccc21. The van der Waals surface area contributed by atoms with E-state index in [0.29, 0.717) is 6.04 Å². The molecular formula is C16H25NO3S. The van der Waals surface area contributed by atoms with Crippen LogP contribution in [0.15, 0.2) is 18.2 Å². The van der Waals surface area contributed by atoms with E-state index in [1.807, 2.05) is 12.1 Å². The predicted molar refractivity (Wildman–Crippen MR) is 85.6 cm³/mol. The predicted octanol–water partition coefficient (Wildman–Crippen LogP) is 2.49. The number of hydrogen-bond acceptors (Lipinski definition) is 4. The van der Waals surface area contributed by atoms with Crippen LogP contribution in [0.2, 0.25) is 0 Å². The normalized spacial score (nSPS) is 18.3. The van der Waals surface area contributed by atoms with E-state index < -0.39 is 9.84 Å². The number of nitrogens with one attached hydrogen (secondary N) is 1. The molecule has 1 unspecified atom stereocenters. The van der Waals surface area contributed by atoms with Gasteiger partial charge < -0.3 is 10.1 Å². The van der Waals surface area contributed by atoms with E-state index in [1.54, 1.807) is 0 Å².